The van der Waals surface area contributed by atoms with Gasteiger partial charge in [0.25, 0.3) is 0 Å². The first-order valence-corrected chi connectivity index (χ1v) is 4.98. The van der Waals surface area contributed by atoms with Gasteiger partial charge in [-0.3, -0.25) is 0 Å². The highest BCUT2D eigenvalue weighted by atomic mass is 14.3. The van der Waals surface area contributed by atoms with Gasteiger partial charge in [0.1, 0.15) is 0 Å². The van der Waals surface area contributed by atoms with Crippen LogP contribution in [0.15, 0.2) is 36.4 Å². The monoisotopic (exact) mass is 180 g/mol. The van der Waals surface area contributed by atoms with Gasteiger partial charge in [-0.05, 0) is 41.7 Å². The van der Waals surface area contributed by atoms with Gasteiger partial charge in [-0.2, -0.15) is 0 Å². The van der Waals surface area contributed by atoms with E-state index in [1.807, 2.05) is 0 Å². The third-order valence-electron chi connectivity index (χ3n) is 2.97. The lowest BCUT2D eigenvalue weighted by Gasteiger charge is -2.26. The van der Waals surface area contributed by atoms with Crippen molar-refractivity contribution in [2.24, 2.45) is 0 Å². The molecular formula is C14H12. The van der Waals surface area contributed by atoms with Crippen molar-refractivity contribution < 1.29 is 0 Å². The van der Waals surface area contributed by atoms with Crippen molar-refractivity contribution in [3.63, 3.8) is 0 Å². The Morgan fingerprint density at radius 1 is 0.786 bits per heavy atom. The molecule has 1 aliphatic carbocycles. The van der Waals surface area contributed by atoms with E-state index >= 15 is 0 Å². The average Bonchev–Trinajstić information content (AvgIpc) is 2.14. The van der Waals surface area contributed by atoms with Gasteiger partial charge >= 0.3 is 0 Å². The highest BCUT2D eigenvalue weighted by Crippen LogP contribution is 2.48. The summed E-state index contributed by atoms with van der Waals surface area (Å²) in [5.41, 5.74) is 8.47. The Morgan fingerprint density at radius 3 is 2.29 bits per heavy atom. The molecule has 0 amide bonds. The number of aryl methyl sites for hydroxylation is 2. The van der Waals surface area contributed by atoms with E-state index in [9.17, 15) is 0 Å². The van der Waals surface area contributed by atoms with Gasteiger partial charge in [-0.25, -0.2) is 0 Å². The highest BCUT2D eigenvalue weighted by molar-refractivity contribution is 6.03. The molecule has 2 aromatic rings. The number of hydrogen-bond donors (Lipinski definition) is 0. The van der Waals surface area contributed by atoms with Gasteiger partial charge in [0.2, 0.25) is 0 Å². The van der Waals surface area contributed by atoms with Crippen molar-refractivity contribution in [1.82, 2.24) is 0 Å². The second kappa shape index (κ2) is 2.48. The van der Waals surface area contributed by atoms with Gasteiger partial charge in [0, 0.05) is 0 Å². The minimum absolute atomic E-state index is 1.36. The van der Waals surface area contributed by atoms with E-state index in [0.29, 0.717) is 0 Å². The Bertz CT molecular complexity index is 522. The van der Waals surface area contributed by atoms with E-state index in [-0.39, 0.29) is 0 Å². The van der Waals surface area contributed by atoms with Gasteiger partial charge in [-0.15, -0.1) is 0 Å². The maximum atomic E-state index is 2.28. The van der Waals surface area contributed by atoms with E-state index < -0.39 is 0 Å². The molecule has 68 valence electrons. The number of hydrogen-bond acceptors (Lipinski definition) is 0. The van der Waals surface area contributed by atoms with Gasteiger partial charge in [0.15, 0.2) is 0 Å². The topological polar surface area (TPSA) is 0 Å². The van der Waals surface area contributed by atoms with Crippen LogP contribution in [0.5, 0.6) is 0 Å². The van der Waals surface area contributed by atoms with Gasteiger partial charge in [0.05, 0.1) is 0 Å². The maximum absolute atomic E-state index is 2.28. The molecule has 0 unspecified atom stereocenters. The summed E-state index contributed by atoms with van der Waals surface area (Å²) >= 11 is 0. The Balaban J connectivity index is 2.33. The molecule has 0 saturated carbocycles. The first-order valence-electron chi connectivity index (χ1n) is 4.98. The molecule has 0 atom stereocenters. The van der Waals surface area contributed by atoms with Crippen molar-refractivity contribution in [2.75, 3.05) is 0 Å². The van der Waals surface area contributed by atoms with Crippen LogP contribution >= 0.6 is 0 Å². The predicted molar refractivity (Wildman–Crippen MR) is 60.3 cm³/mol. The molecule has 0 N–H and O–H groups in total. The van der Waals surface area contributed by atoms with Gasteiger partial charge < -0.3 is 0 Å². The minimum Gasteiger partial charge on any atom is -0.0616 e. The molecule has 2 aromatic carbocycles. The van der Waals surface area contributed by atoms with Crippen molar-refractivity contribution in [2.45, 2.75) is 13.8 Å². The Morgan fingerprint density at radius 2 is 1.50 bits per heavy atom. The Labute approximate surface area is 84.2 Å². The number of fused-ring (bicyclic) bond motifs is 4. The van der Waals surface area contributed by atoms with E-state index in [1.165, 1.54) is 33.4 Å². The number of rotatable bonds is 0. The molecule has 0 aliphatic heterocycles. The van der Waals surface area contributed by atoms with E-state index in [1.54, 1.807) is 0 Å². The summed E-state index contributed by atoms with van der Waals surface area (Å²) < 4.78 is 0. The molecule has 0 spiro atoms. The van der Waals surface area contributed by atoms with E-state index in [0.717, 1.165) is 0 Å². The van der Waals surface area contributed by atoms with Crippen LogP contribution in [0, 0.1) is 13.8 Å². The van der Waals surface area contributed by atoms with Crippen molar-refractivity contribution in [3.8, 4) is 22.3 Å². The van der Waals surface area contributed by atoms with Crippen LogP contribution in [0.3, 0.4) is 0 Å². The lowest BCUT2D eigenvalue weighted by atomic mass is 9.77. The molecule has 0 saturated heterocycles. The average molecular weight is 180 g/mol. The Hall–Kier alpha value is -1.56. The summed E-state index contributed by atoms with van der Waals surface area (Å²) in [6.45, 7) is 4.36. The van der Waals surface area contributed by atoms with Crippen LogP contribution in [0.25, 0.3) is 22.3 Å². The largest absolute Gasteiger partial charge is 0.0616 e. The summed E-state index contributed by atoms with van der Waals surface area (Å²) in [5.74, 6) is 0. The smallest absolute Gasteiger partial charge is 0.00695 e. The quantitative estimate of drug-likeness (QED) is 0.491. The summed E-state index contributed by atoms with van der Waals surface area (Å²) in [5, 5.41) is 0. The fraction of sp³-hybridized carbons (Fsp3) is 0.143. The van der Waals surface area contributed by atoms with Crippen LogP contribution in [0.2, 0.25) is 0 Å². The summed E-state index contributed by atoms with van der Waals surface area (Å²) in [7, 11) is 0. The fourth-order valence-corrected chi connectivity index (χ4v) is 2.41. The minimum atomic E-state index is 1.36. The number of benzene rings is 2. The molecule has 14 heavy (non-hydrogen) atoms. The highest BCUT2D eigenvalue weighted by Gasteiger charge is 2.23. The molecule has 0 bridgehead atoms. The zero-order valence-electron chi connectivity index (χ0n) is 8.46. The van der Waals surface area contributed by atoms with Crippen LogP contribution in [-0.4, -0.2) is 0 Å². The molecule has 0 nitrogen and oxygen atoms in total. The SMILES string of the molecule is Cc1cc(C)c2c(c1)-c1ccccc1-2. The third kappa shape index (κ3) is 0.832. The molecular weight excluding hydrogens is 168 g/mol. The molecule has 0 radical (unpaired) electrons. The van der Waals surface area contributed by atoms with Crippen molar-refractivity contribution in [1.29, 1.82) is 0 Å². The molecule has 0 aromatic heterocycles. The maximum Gasteiger partial charge on any atom is -0.00695 e. The molecule has 0 heterocycles. The molecule has 0 heteroatoms. The zero-order chi connectivity index (χ0) is 9.71. The standard InChI is InChI=1S/C14H12/c1-9-7-10(2)14-12-6-4-3-5-11(12)13(14)8-9/h3-8H,1-2H3. The van der Waals surface area contributed by atoms with E-state index in [2.05, 4.69) is 50.2 Å². The summed E-state index contributed by atoms with van der Waals surface area (Å²) in [6.07, 6.45) is 0. The van der Waals surface area contributed by atoms with Crippen LogP contribution in [0.4, 0.5) is 0 Å². The predicted octanol–water partition coefficient (Wildman–Crippen LogP) is 3.95. The summed E-state index contributed by atoms with van der Waals surface area (Å²) in [6, 6.07) is 13.2. The summed E-state index contributed by atoms with van der Waals surface area (Å²) in [4.78, 5) is 0. The second-order valence-electron chi connectivity index (χ2n) is 4.05. The second-order valence-corrected chi connectivity index (χ2v) is 4.05. The first-order chi connectivity index (χ1) is 6.77. The Kier molecular flexibility index (Phi) is 1.38. The lowest BCUT2D eigenvalue weighted by Crippen LogP contribution is -2.01. The lowest BCUT2D eigenvalue weighted by molar-refractivity contribution is 1.35. The molecule has 3 rings (SSSR count). The van der Waals surface area contributed by atoms with Crippen LogP contribution in [-0.2, 0) is 0 Å². The van der Waals surface area contributed by atoms with E-state index in [4.69, 9.17) is 0 Å². The zero-order valence-corrected chi connectivity index (χ0v) is 8.46. The molecule has 1 aliphatic rings. The van der Waals surface area contributed by atoms with Crippen molar-refractivity contribution in [3.05, 3.63) is 47.5 Å². The van der Waals surface area contributed by atoms with Gasteiger partial charge in [-0.1, -0.05) is 42.0 Å². The third-order valence-corrected chi connectivity index (χ3v) is 2.97. The normalized spacial score (nSPS) is 11.6. The van der Waals surface area contributed by atoms with Crippen LogP contribution < -0.4 is 0 Å². The fourth-order valence-electron chi connectivity index (χ4n) is 2.41. The first kappa shape index (κ1) is 7.81. The van der Waals surface area contributed by atoms with Crippen LogP contribution in [0.1, 0.15) is 11.1 Å². The van der Waals surface area contributed by atoms with Crippen molar-refractivity contribution >= 4 is 0 Å². The molecule has 0 fully saturated rings.